The maximum absolute atomic E-state index is 13.5. The van der Waals surface area contributed by atoms with Gasteiger partial charge in [0.2, 0.25) is 11.7 Å². The van der Waals surface area contributed by atoms with Crippen molar-refractivity contribution in [3.05, 3.63) is 64.4 Å². The number of carbonyl (C=O) groups is 1. The van der Waals surface area contributed by atoms with Crippen molar-refractivity contribution in [2.75, 3.05) is 42.9 Å². The van der Waals surface area contributed by atoms with Crippen LogP contribution in [0.1, 0.15) is 47.1 Å². The van der Waals surface area contributed by atoms with Gasteiger partial charge in [0, 0.05) is 26.2 Å². The molecule has 12 nitrogen and oxygen atoms in total. The number of sulfonamides is 1. The van der Waals surface area contributed by atoms with Crippen molar-refractivity contribution < 1.29 is 27.4 Å². The number of amides is 1. The van der Waals surface area contributed by atoms with Gasteiger partial charge in [0.05, 0.1) is 12.0 Å². The molecule has 2 heterocycles. The van der Waals surface area contributed by atoms with Crippen LogP contribution in [0.4, 0.5) is 16.6 Å². The van der Waals surface area contributed by atoms with Crippen LogP contribution in [-0.2, 0) is 20.2 Å². The molecule has 1 aliphatic heterocycles. The van der Waals surface area contributed by atoms with Gasteiger partial charge in [0.1, 0.15) is 5.60 Å². The summed E-state index contributed by atoms with van der Waals surface area (Å²) in [6.45, 7) is 12.8. The van der Waals surface area contributed by atoms with Crippen LogP contribution in [0.25, 0.3) is 0 Å². The molecule has 1 fully saturated rings. The molecule has 1 saturated heterocycles. The minimum Gasteiger partial charge on any atom is -0.493 e. The van der Waals surface area contributed by atoms with E-state index in [9.17, 15) is 18.0 Å². The number of carbonyl (C=O) groups excluding carboxylic acids is 1. The first-order chi connectivity index (χ1) is 20.1. The Morgan fingerprint density at radius 2 is 1.53 bits per heavy atom. The predicted octanol–water partition coefficient (Wildman–Crippen LogP) is 4.73. The molecule has 3 aromatic rings. The van der Waals surface area contributed by atoms with Gasteiger partial charge < -0.3 is 24.0 Å². The van der Waals surface area contributed by atoms with Crippen LogP contribution >= 0.6 is 0 Å². The number of anilines is 2. The molecule has 13 heteroatoms. The molecule has 0 spiro atoms. The molecule has 1 amide bonds. The maximum atomic E-state index is 13.5. The normalized spacial score (nSPS) is 14.3. The topological polar surface area (TPSA) is 143 Å². The zero-order valence-electron chi connectivity index (χ0n) is 25.6. The molecule has 0 saturated carbocycles. The van der Waals surface area contributed by atoms with E-state index >= 15 is 0 Å². The third kappa shape index (κ3) is 7.78. The summed E-state index contributed by atoms with van der Waals surface area (Å²) in [5.74, 6) is 0.0264. The van der Waals surface area contributed by atoms with Gasteiger partial charge in [0.25, 0.3) is 15.6 Å². The number of hydrogen-bond acceptors (Lipinski definition) is 9. The zero-order chi connectivity index (χ0) is 31.6. The minimum absolute atomic E-state index is 0.00153. The fourth-order valence-electron chi connectivity index (χ4n) is 4.32. The van der Waals surface area contributed by atoms with E-state index in [4.69, 9.17) is 14.2 Å². The van der Waals surface area contributed by atoms with Crippen molar-refractivity contribution >= 4 is 27.9 Å². The van der Waals surface area contributed by atoms with Crippen molar-refractivity contribution in [1.82, 2.24) is 14.9 Å². The lowest BCUT2D eigenvalue weighted by Gasteiger charge is -2.35. The number of piperazine rings is 1. The van der Waals surface area contributed by atoms with Crippen LogP contribution in [-0.4, -0.2) is 68.3 Å². The Morgan fingerprint density at radius 3 is 2.09 bits per heavy atom. The van der Waals surface area contributed by atoms with Gasteiger partial charge in [-0.05, 0) is 56.0 Å². The first-order valence-corrected chi connectivity index (χ1v) is 15.4. The van der Waals surface area contributed by atoms with Crippen molar-refractivity contribution in [3.8, 4) is 17.2 Å². The largest absolute Gasteiger partial charge is 0.493 e. The standard InChI is InChI=1S/C30H39N5O7S/c1-29(2,3)20-12-14-21(15-13-20)43(38,39)33-25-24(41-23-11-9-8-10-22(23)40-7)26(36)32-27(31-25)34-16-18-35(19-17-34)28(37)42-30(4,5)6/h8-15H,16-19H2,1-7H3,(H2,31,32,33,36). The molecule has 0 atom stereocenters. The van der Waals surface area contributed by atoms with E-state index in [-0.39, 0.29) is 33.6 Å². The van der Waals surface area contributed by atoms with Gasteiger partial charge in [0.15, 0.2) is 17.3 Å². The second kappa shape index (κ2) is 12.2. The van der Waals surface area contributed by atoms with Gasteiger partial charge in [-0.2, -0.15) is 4.98 Å². The van der Waals surface area contributed by atoms with E-state index in [1.54, 1.807) is 67.0 Å². The van der Waals surface area contributed by atoms with Crippen LogP contribution in [0.15, 0.2) is 58.2 Å². The molecular formula is C30H39N5O7S. The number of hydrogen-bond donors (Lipinski definition) is 2. The van der Waals surface area contributed by atoms with Gasteiger partial charge in [-0.1, -0.05) is 45.0 Å². The highest BCUT2D eigenvalue weighted by atomic mass is 32.2. The molecule has 2 aromatic carbocycles. The minimum atomic E-state index is -4.17. The summed E-state index contributed by atoms with van der Waals surface area (Å²) < 4.78 is 46.2. The average Bonchev–Trinajstić information content (AvgIpc) is 2.93. The summed E-state index contributed by atoms with van der Waals surface area (Å²) in [5.41, 5.74) is -0.528. The van der Waals surface area contributed by atoms with Gasteiger partial charge in [-0.15, -0.1) is 0 Å². The maximum Gasteiger partial charge on any atom is 0.410 e. The number of nitrogens with zero attached hydrogens (tertiary/aromatic N) is 3. The van der Waals surface area contributed by atoms with E-state index in [0.717, 1.165) is 5.56 Å². The summed E-state index contributed by atoms with van der Waals surface area (Å²) in [6, 6.07) is 13.2. The monoisotopic (exact) mass is 613 g/mol. The summed E-state index contributed by atoms with van der Waals surface area (Å²) >= 11 is 0. The fraction of sp³-hybridized carbons (Fsp3) is 0.433. The molecule has 1 aromatic heterocycles. The Labute approximate surface area is 252 Å². The van der Waals surface area contributed by atoms with E-state index in [0.29, 0.717) is 31.9 Å². The van der Waals surface area contributed by atoms with E-state index in [2.05, 4.69) is 14.7 Å². The van der Waals surface area contributed by atoms with Crippen LogP contribution in [0.5, 0.6) is 17.2 Å². The van der Waals surface area contributed by atoms with Gasteiger partial charge in [-0.25, -0.2) is 13.2 Å². The van der Waals surface area contributed by atoms with Crippen molar-refractivity contribution in [1.29, 1.82) is 0 Å². The van der Waals surface area contributed by atoms with Crippen LogP contribution < -0.4 is 24.7 Å². The van der Waals surface area contributed by atoms with E-state index in [1.165, 1.54) is 19.2 Å². The quantitative estimate of drug-likeness (QED) is 0.387. The highest BCUT2D eigenvalue weighted by molar-refractivity contribution is 7.92. The van der Waals surface area contributed by atoms with Gasteiger partial charge in [-0.3, -0.25) is 14.5 Å². The first-order valence-electron chi connectivity index (χ1n) is 13.9. The molecule has 0 aliphatic carbocycles. The van der Waals surface area contributed by atoms with E-state index < -0.39 is 27.3 Å². The van der Waals surface area contributed by atoms with Crippen LogP contribution in [0, 0.1) is 0 Å². The highest BCUT2D eigenvalue weighted by Crippen LogP contribution is 2.34. The summed E-state index contributed by atoms with van der Waals surface area (Å²) in [6.07, 6.45) is -0.430. The zero-order valence-corrected chi connectivity index (χ0v) is 26.4. The number of ether oxygens (including phenoxy) is 3. The molecule has 232 valence electrons. The second-order valence-corrected chi connectivity index (χ2v) is 13.8. The number of rotatable bonds is 7. The number of nitrogens with one attached hydrogen (secondary N) is 2. The summed E-state index contributed by atoms with van der Waals surface area (Å²) in [5, 5.41) is 0. The number of para-hydroxylation sites is 2. The third-order valence-corrected chi connectivity index (χ3v) is 7.99. The smallest absolute Gasteiger partial charge is 0.410 e. The third-order valence-electron chi connectivity index (χ3n) is 6.64. The highest BCUT2D eigenvalue weighted by Gasteiger charge is 2.29. The molecule has 0 radical (unpaired) electrons. The fourth-order valence-corrected chi connectivity index (χ4v) is 5.33. The van der Waals surface area contributed by atoms with Crippen LogP contribution in [0.3, 0.4) is 0 Å². The second-order valence-electron chi connectivity index (χ2n) is 12.2. The van der Waals surface area contributed by atoms with Crippen LogP contribution in [0.2, 0.25) is 0 Å². The van der Waals surface area contributed by atoms with Gasteiger partial charge >= 0.3 is 6.09 Å². The summed E-state index contributed by atoms with van der Waals surface area (Å²) in [7, 11) is -2.72. The molecule has 0 bridgehead atoms. The molecule has 0 unspecified atom stereocenters. The summed E-state index contributed by atoms with van der Waals surface area (Å²) in [4.78, 5) is 36.4. The Morgan fingerprint density at radius 1 is 0.930 bits per heavy atom. The molecule has 1 aliphatic rings. The Hall–Kier alpha value is -4.26. The Kier molecular flexibility index (Phi) is 8.95. The molecular weight excluding hydrogens is 574 g/mol. The van der Waals surface area contributed by atoms with Crippen molar-refractivity contribution in [2.45, 2.75) is 57.5 Å². The first kappa shape index (κ1) is 31.7. The lowest BCUT2D eigenvalue weighted by molar-refractivity contribution is 0.0240. The number of benzene rings is 2. The molecule has 4 rings (SSSR count). The molecule has 43 heavy (non-hydrogen) atoms. The Bertz CT molecular complexity index is 1620. The number of methoxy groups -OCH3 is 1. The van der Waals surface area contributed by atoms with E-state index in [1.807, 2.05) is 20.8 Å². The molecule has 2 N–H and O–H groups in total. The van der Waals surface area contributed by atoms with Crippen molar-refractivity contribution in [2.24, 2.45) is 0 Å². The lowest BCUT2D eigenvalue weighted by atomic mass is 9.87. The number of aromatic nitrogens is 2. The number of H-pyrrole nitrogens is 1. The van der Waals surface area contributed by atoms with Crippen molar-refractivity contribution in [3.63, 3.8) is 0 Å². The SMILES string of the molecule is COc1ccccc1Oc1c(NS(=O)(=O)c2ccc(C(C)(C)C)cc2)nc(N2CCN(C(=O)OC(C)(C)C)CC2)[nH]c1=O. The number of aromatic amines is 1. The predicted molar refractivity (Wildman–Crippen MR) is 164 cm³/mol. The average molecular weight is 614 g/mol. The lowest BCUT2D eigenvalue weighted by Crippen LogP contribution is -2.50. The Balaban J connectivity index is 1.67.